The Bertz CT molecular complexity index is 1000. The minimum atomic E-state index is -1.01. The Hall–Kier alpha value is -2.55. The summed E-state index contributed by atoms with van der Waals surface area (Å²) in [7, 11) is 0. The van der Waals surface area contributed by atoms with Crippen LogP contribution in [0.25, 0.3) is 6.08 Å². The fourth-order valence-corrected chi connectivity index (χ4v) is 4.33. The van der Waals surface area contributed by atoms with E-state index >= 15 is 0 Å². The van der Waals surface area contributed by atoms with E-state index in [9.17, 15) is 9.90 Å². The van der Waals surface area contributed by atoms with Crippen LogP contribution in [0.5, 0.6) is 0 Å². The van der Waals surface area contributed by atoms with Crippen LogP contribution in [-0.4, -0.2) is 54.2 Å². The maximum atomic E-state index is 13.2. The minimum absolute atomic E-state index is 0.105. The second kappa shape index (κ2) is 10.6. The van der Waals surface area contributed by atoms with Gasteiger partial charge in [-0.3, -0.25) is 0 Å². The van der Waals surface area contributed by atoms with E-state index in [1.165, 1.54) is 0 Å². The SMILES string of the molecule is CC1(C)OC[C@H](C(=O)O[C@H](c2ccccc2)[C@H](/C=C/c2ccccc2)[C@H](O)[C@H]2COC(C)(C)O2)O1. The Kier molecular flexibility index (Phi) is 7.73. The molecule has 0 amide bonds. The number of benzene rings is 2. The summed E-state index contributed by atoms with van der Waals surface area (Å²) in [6, 6.07) is 19.1. The van der Waals surface area contributed by atoms with Gasteiger partial charge in [-0.25, -0.2) is 4.79 Å². The molecule has 0 aliphatic carbocycles. The molecule has 4 rings (SSSR count). The third kappa shape index (κ3) is 6.57. The topological polar surface area (TPSA) is 83.5 Å². The molecule has 0 unspecified atom stereocenters. The van der Waals surface area contributed by atoms with Crippen molar-refractivity contribution in [3.63, 3.8) is 0 Å². The monoisotopic (exact) mass is 482 g/mol. The fourth-order valence-electron chi connectivity index (χ4n) is 4.33. The van der Waals surface area contributed by atoms with Crippen molar-refractivity contribution < 1.29 is 33.6 Å². The highest BCUT2D eigenvalue weighted by atomic mass is 16.8. The maximum Gasteiger partial charge on any atom is 0.338 e. The highest BCUT2D eigenvalue weighted by Gasteiger charge is 2.44. The molecule has 0 aromatic heterocycles. The summed E-state index contributed by atoms with van der Waals surface area (Å²) in [6.07, 6.45) is 0.541. The number of carbonyl (C=O) groups is 1. The van der Waals surface area contributed by atoms with Crippen LogP contribution in [0.3, 0.4) is 0 Å². The van der Waals surface area contributed by atoms with Crippen molar-refractivity contribution >= 4 is 12.0 Å². The van der Waals surface area contributed by atoms with Gasteiger partial charge in [0.25, 0.3) is 0 Å². The molecule has 2 aliphatic heterocycles. The largest absolute Gasteiger partial charge is 0.455 e. The van der Waals surface area contributed by atoms with Crippen LogP contribution >= 0.6 is 0 Å². The average molecular weight is 483 g/mol. The van der Waals surface area contributed by atoms with Crippen LogP contribution in [0.2, 0.25) is 0 Å². The van der Waals surface area contributed by atoms with E-state index in [-0.39, 0.29) is 13.2 Å². The van der Waals surface area contributed by atoms with E-state index in [4.69, 9.17) is 23.7 Å². The lowest BCUT2D eigenvalue weighted by atomic mass is 9.87. The van der Waals surface area contributed by atoms with E-state index in [0.29, 0.717) is 0 Å². The first-order valence-corrected chi connectivity index (χ1v) is 11.9. The zero-order chi connectivity index (χ0) is 25.1. The Morgan fingerprint density at radius 2 is 1.54 bits per heavy atom. The Morgan fingerprint density at radius 1 is 0.943 bits per heavy atom. The second-order valence-electron chi connectivity index (χ2n) is 9.79. The molecule has 2 aromatic carbocycles. The van der Waals surface area contributed by atoms with Crippen LogP contribution in [0.1, 0.15) is 44.9 Å². The molecule has 1 N–H and O–H groups in total. The van der Waals surface area contributed by atoms with Gasteiger partial charge in [-0.1, -0.05) is 72.8 Å². The Labute approximate surface area is 206 Å². The molecule has 188 valence electrons. The van der Waals surface area contributed by atoms with E-state index in [0.717, 1.165) is 11.1 Å². The zero-order valence-corrected chi connectivity index (χ0v) is 20.6. The Balaban J connectivity index is 1.66. The highest BCUT2D eigenvalue weighted by molar-refractivity contribution is 5.75. The van der Waals surface area contributed by atoms with E-state index in [2.05, 4.69) is 0 Å². The van der Waals surface area contributed by atoms with Gasteiger partial charge in [0, 0.05) is 5.92 Å². The molecule has 0 radical (unpaired) electrons. The van der Waals surface area contributed by atoms with Gasteiger partial charge in [0.2, 0.25) is 0 Å². The van der Waals surface area contributed by atoms with Gasteiger partial charge in [-0.05, 0) is 38.8 Å². The molecule has 0 spiro atoms. The lowest BCUT2D eigenvalue weighted by Crippen LogP contribution is -2.40. The molecule has 2 heterocycles. The summed E-state index contributed by atoms with van der Waals surface area (Å²) >= 11 is 0. The standard InChI is InChI=1S/C28H34O7/c1-27(2)31-17-22(34-27)24(29)21(16-15-19-11-7-5-8-12-19)25(20-13-9-6-10-14-20)33-26(30)23-18-32-28(3,4)35-23/h5-16,21-25,29H,17-18H2,1-4H3/b16-15+/t21-,22-,23-,24+,25-/m1/s1. The minimum Gasteiger partial charge on any atom is -0.455 e. The molecule has 2 saturated heterocycles. The molecular formula is C28H34O7. The molecule has 2 aromatic rings. The summed E-state index contributed by atoms with van der Waals surface area (Å²) in [5.41, 5.74) is 1.71. The third-order valence-electron chi connectivity index (χ3n) is 6.11. The predicted octanol–water partition coefficient (Wildman–Crippen LogP) is 4.26. The first-order chi connectivity index (χ1) is 16.6. The molecule has 0 bridgehead atoms. The number of ether oxygens (including phenoxy) is 5. The summed E-state index contributed by atoms with van der Waals surface area (Å²) in [5.74, 6) is -2.84. The number of esters is 1. The fraction of sp³-hybridized carbons (Fsp3) is 0.464. The summed E-state index contributed by atoms with van der Waals surface area (Å²) in [6.45, 7) is 7.46. The van der Waals surface area contributed by atoms with Crippen LogP contribution in [-0.2, 0) is 28.5 Å². The van der Waals surface area contributed by atoms with E-state index in [1.54, 1.807) is 13.8 Å². The highest BCUT2D eigenvalue weighted by Crippen LogP contribution is 2.36. The van der Waals surface area contributed by atoms with Crippen molar-refractivity contribution in [3.05, 3.63) is 77.9 Å². The van der Waals surface area contributed by atoms with Crippen LogP contribution in [0.4, 0.5) is 0 Å². The first kappa shape index (κ1) is 25.5. The lowest BCUT2D eigenvalue weighted by Gasteiger charge is -2.32. The van der Waals surface area contributed by atoms with Crippen molar-refractivity contribution in [3.8, 4) is 0 Å². The van der Waals surface area contributed by atoms with Gasteiger partial charge in [0.05, 0.1) is 19.3 Å². The van der Waals surface area contributed by atoms with E-state index < -0.39 is 47.9 Å². The number of hydrogen-bond acceptors (Lipinski definition) is 7. The number of rotatable bonds is 8. The van der Waals surface area contributed by atoms with Crippen molar-refractivity contribution in [2.24, 2.45) is 5.92 Å². The quantitative estimate of drug-likeness (QED) is 0.563. The van der Waals surface area contributed by atoms with Crippen molar-refractivity contribution in [2.75, 3.05) is 13.2 Å². The van der Waals surface area contributed by atoms with Crippen LogP contribution in [0, 0.1) is 5.92 Å². The normalized spacial score (nSPS) is 25.9. The summed E-state index contributed by atoms with van der Waals surface area (Å²) < 4.78 is 29.0. The van der Waals surface area contributed by atoms with Gasteiger partial charge < -0.3 is 28.8 Å². The number of carbonyl (C=O) groups excluding carboxylic acids is 1. The smallest absolute Gasteiger partial charge is 0.338 e. The summed E-state index contributed by atoms with van der Waals surface area (Å²) in [5, 5.41) is 11.5. The Morgan fingerprint density at radius 3 is 2.11 bits per heavy atom. The summed E-state index contributed by atoms with van der Waals surface area (Å²) in [4.78, 5) is 13.2. The first-order valence-electron chi connectivity index (χ1n) is 11.9. The van der Waals surface area contributed by atoms with Crippen molar-refractivity contribution in [2.45, 2.75) is 63.7 Å². The number of aliphatic hydroxyl groups excluding tert-OH is 1. The molecule has 7 heteroatoms. The number of hydrogen-bond donors (Lipinski definition) is 1. The molecule has 0 saturated carbocycles. The molecule has 7 nitrogen and oxygen atoms in total. The predicted molar refractivity (Wildman–Crippen MR) is 130 cm³/mol. The lowest BCUT2D eigenvalue weighted by molar-refractivity contribution is -0.181. The molecule has 35 heavy (non-hydrogen) atoms. The third-order valence-corrected chi connectivity index (χ3v) is 6.11. The second-order valence-corrected chi connectivity index (χ2v) is 9.79. The van der Waals surface area contributed by atoms with Gasteiger partial charge in [-0.15, -0.1) is 0 Å². The van der Waals surface area contributed by atoms with Crippen molar-refractivity contribution in [1.29, 1.82) is 0 Å². The van der Waals surface area contributed by atoms with E-state index in [1.807, 2.05) is 86.7 Å². The molecular weight excluding hydrogens is 448 g/mol. The van der Waals surface area contributed by atoms with Crippen LogP contribution in [0.15, 0.2) is 66.7 Å². The van der Waals surface area contributed by atoms with Crippen molar-refractivity contribution in [1.82, 2.24) is 0 Å². The van der Waals surface area contributed by atoms with Crippen LogP contribution < -0.4 is 0 Å². The van der Waals surface area contributed by atoms with Gasteiger partial charge in [-0.2, -0.15) is 0 Å². The van der Waals surface area contributed by atoms with Gasteiger partial charge >= 0.3 is 5.97 Å². The van der Waals surface area contributed by atoms with Gasteiger partial charge in [0.15, 0.2) is 17.7 Å². The zero-order valence-electron chi connectivity index (χ0n) is 20.6. The number of aliphatic hydroxyl groups is 1. The molecule has 2 aliphatic rings. The average Bonchev–Trinajstić information content (AvgIpc) is 3.40. The van der Waals surface area contributed by atoms with Gasteiger partial charge in [0.1, 0.15) is 12.2 Å². The molecule has 5 atom stereocenters. The molecule has 2 fully saturated rings. The maximum absolute atomic E-state index is 13.2.